The highest BCUT2D eigenvalue weighted by Gasteiger charge is 2.40. The van der Waals surface area contributed by atoms with Crippen molar-refractivity contribution in [3.05, 3.63) is 0 Å². The molecule has 3 nitrogen and oxygen atoms in total. The fourth-order valence-corrected chi connectivity index (χ4v) is 4.44. The highest BCUT2D eigenvalue weighted by Crippen LogP contribution is 2.49. The number of ether oxygens (including phenoxy) is 1. The fourth-order valence-electron chi connectivity index (χ4n) is 4.44. The van der Waals surface area contributed by atoms with Crippen molar-refractivity contribution in [3.63, 3.8) is 0 Å². The number of esters is 1. The van der Waals surface area contributed by atoms with Crippen molar-refractivity contribution in [2.24, 2.45) is 23.7 Å². The molecule has 3 aliphatic rings. The summed E-state index contributed by atoms with van der Waals surface area (Å²) in [4.78, 5) is 12.1. The number of hydrogen-bond acceptors (Lipinski definition) is 3. The molecule has 0 amide bonds. The van der Waals surface area contributed by atoms with E-state index in [2.05, 4.69) is 6.07 Å². The van der Waals surface area contributed by atoms with Gasteiger partial charge in [-0.25, -0.2) is 0 Å². The van der Waals surface area contributed by atoms with Crippen molar-refractivity contribution in [2.75, 3.05) is 0 Å². The lowest BCUT2D eigenvalue weighted by atomic mass is 9.86. The topological polar surface area (TPSA) is 50.1 Å². The summed E-state index contributed by atoms with van der Waals surface area (Å²) in [5.41, 5.74) is 0. The second-order valence-electron chi connectivity index (χ2n) is 6.69. The maximum Gasteiger partial charge on any atom is 0.306 e. The lowest BCUT2D eigenvalue weighted by Gasteiger charge is -2.28. The third kappa shape index (κ3) is 2.78. The molecule has 104 valence electrons. The van der Waals surface area contributed by atoms with Gasteiger partial charge in [0, 0.05) is 6.42 Å². The zero-order valence-electron chi connectivity index (χ0n) is 11.5. The van der Waals surface area contributed by atoms with Gasteiger partial charge in [-0.15, -0.1) is 0 Å². The van der Waals surface area contributed by atoms with Gasteiger partial charge in [0.05, 0.1) is 12.0 Å². The summed E-state index contributed by atoms with van der Waals surface area (Å²) < 4.78 is 5.60. The Hall–Kier alpha value is -1.04. The minimum absolute atomic E-state index is 0.0512. The fraction of sp³-hybridized carbons (Fsp3) is 0.875. The average molecular weight is 261 g/mol. The van der Waals surface area contributed by atoms with Crippen molar-refractivity contribution >= 4 is 5.97 Å². The van der Waals surface area contributed by atoms with Gasteiger partial charge < -0.3 is 4.74 Å². The van der Waals surface area contributed by atoms with E-state index >= 15 is 0 Å². The summed E-state index contributed by atoms with van der Waals surface area (Å²) in [7, 11) is 0. The second kappa shape index (κ2) is 5.53. The van der Waals surface area contributed by atoms with E-state index in [1.807, 2.05) is 0 Å². The second-order valence-corrected chi connectivity index (χ2v) is 6.69. The molecule has 0 aromatic rings. The largest absolute Gasteiger partial charge is 0.461 e. The van der Waals surface area contributed by atoms with Gasteiger partial charge in [0.25, 0.3) is 0 Å². The van der Waals surface area contributed by atoms with E-state index in [1.165, 1.54) is 25.7 Å². The van der Waals surface area contributed by atoms with E-state index in [1.54, 1.807) is 0 Å². The Morgan fingerprint density at radius 3 is 2.68 bits per heavy atom. The molecule has 3 aliphatic carbocycles. The van der Waals surface area contributed by atoms with Gasteiger partial charge in [-0.1, -0.05) is 12.8 Å². The molecule has 3 saturated carbocycles. The predicted molar refractivity (Wildman–Crippen MR) is 71.0 cm³/mol. The number of carbonyl (C=O) groups is 1. The number of rotatable bonds is 3. The van der Waals surface area contributed by atoms with Crippen LogP contribution in [0.2, 0.25) is 0 Å². The quantitative estimate of drug-likeness (QED) is 0.731. The summed E-state index contributed by atoms with van der Waals surface area (Å²) in [6.45, 7) is 0. The highest BCUT2D eigenvalue weighted by atomic mass is 16.5. The van der Waals surface area contributed by atoms with Crippen LogP contribution in [0.3, 0.4) is 0 Å². The minimum atomic E-state index is -0.134. The van der Waals surface area contributed by atoms with Gasteiger partial charge in [0.15, 0.2) is 0 Å². The summed E-state index contributed by atoms with van der Waals surface area (Å²) >= 11 is 0. The summed E-state index contributed by atoms with van der Waals surface area (Å²) in [6, 6.07) is 2.30. The third-order valence-corrected chi connectivity index (χ3v) is 5.46. The van der Waals surface area contributed by atoms with Crippen molar-refractivity contribution in [3.8, 4) is 6.07 Å². The molecule has 0 aromatic heterocycles. The molecule has 3 fully saturated rings. The Kier molecular flexibility index (Phi) is 3.77. The van der Waals surface area contributed by atoms with E-state index in [9.17, 15) is 4.79 Å². The van der Waals surface area contributed by atoms with E-state index in [-0.39, 0.29) is 18.0 Å². The maximum atomic E-state index is 12.1. The zero-order valence-corrected chi connectivity index (χ0v) is 11.5. The summed E-state index contributed by atoms with van der Waals surface area (Å²) in [5, 5.41) is 9.10. The van der Waals surface area contributed by atoms with Gasteiger partial charge in [0.2, 0.25) is 0 Å². The molecule has 0 aromatic carbocycles. The first-order chi connectivity index (χ1) is 9.26. The first kappa shape index (κ1) is 13.0. The highest BCUT2D eigenvalue weighted by molar-refractivity contribution is 5.70. The molecule has 0 radical (unpaired) electrons. The van der Waals surface area contributed by atoms with Gasteiger partial charge in [0.1, 0.15) is 6.10 Å². The maximum absolute atomic E-state index is 12.1. The Balaban J connectivity index is 1.49. The van der Waals surface area contributed by atoms with Crippen LogP contribution in [-0.2, 0) is 9.53 Å². The van der Waals surface area contributed by atoms with Crippen LogP contribution >= 0.6 is 0 Å². The van der Waals surface area contributed by atoms with Gasteiger partial charge >= 0.3 is 5.97 Å². The molecular weight excluding hydrogens is 238 g/mol. The van der Waals surface area contributed by atoms with Gasteiger partial charge in [-0.3, -0.25) is 4.79 Å². The van der Waals surface area contributed by atoms with Crippen LogP contribution < -0.4 is 0 Å². The van der Waals surface area contributed by atoms with Gasteiger partial charge in [-0.05, 0) is 56.3 Å². The first-order valence-corrected chi connectivity index (χ1v) is 7.85. The molecule has 0 unspecified atom stereocenters. The Morgan fingerprint density at radius 2 is 2.00 bits per heavy atom. The van der Waals surface area contributed by atoms with E-state index in [4.69, 9.17) is 10.00 Å². The van der Waals surface area contributed by atoms with Crippen LogP contribution in [0.15, 0.2) is 0 Å². The minimum Gasteiger partial charge on any atom is -0.461 e. The Labute approximate surface area is 115 Å². The van der Waals surface area contributed by atoms with Crippen LogP contribution in [-0.4, -0.2) is 12.1 Å². The average Bonchev–Trinajstić information content (AvgIpc) is 3.01. The SMILES string of the molecule is N#C[C@@H]1CCCC[C@H]1OC(=O)C[C@@H]1C[C@H]2CC[C@H]1C2. The monoisotopic (exact) mass is 261 g/mol. The number of fused-ring (bicyclic) bond motifs is 2. The normalized spacial score (nSPS) is 40.9. The van der Waals surface area contributed by atoms with Crippen LogP contribution in [0.25, 0.3) is 0 Å². The lowest BCUT2D eigenvalue weighted by molar-refractivity contribution is -0.153. The third-order valence-electron chi connectivity index (χ3n) is 5.46. The zero-order chi connectivity index (χ0) is 13.2. The molecule has 0 saturated heterocycles. The lowest BCUT2D eigenvalue weighted by Crippen LogP contribution is -2.30. The van der Waals surface area contributed by atoms with Crippen molar-refractivity contribution in [2.45, 2.75) is 63.9 Å². The summed E-state index contributed by atoms with van der Waals surface area (Å²) in [5.74, 6) is 2.10. The standard InChI is InChI=1S/C16H23NO2/c17-10-13-3-1-2-4-15(13)19-16(18)9-14-8-11-5-6-12(14)7-11/h11-15H,1-9H2/t11-,12-,13-,14-,15+/m0/s1. The molecule has 3 heteroatoms. The predicted octanol–water partition coefficient (Wildman–Crippen LogP) is 3.44. The van der Waals surface area contributed by atoms with Crippen molar-refractivity contribution < 1.29 is 9.53 Å². The molecule has 0 spiro atoms. The molecule has 3 rings (SSSR count). The Bertz CT molecular complexity index is 387. The number of carbonyl (C=O) groups excluding carboxylic acids is 1. The van der Waals surface area contributed by atoms with Crippen molar-refractivity contribution in [1.29, 1.82) is 5.26 Å². The van der Waals surface area contributed by atoms with Crippen LogP contribution in [0.1, 0.15) is 57.8 Å². The molecule has 0 N–H and O–H groups in total. The molecule has 0 aliphatic heterocycles. The molecule has 5 atom stereocenters. The van der Waals surface area contributed by atoms with Crippen LogP contribution in [0.5, 0.6) is 0 Å². The smallest absolute Gasteiger partial charge is 0.306 e. The van der Waals surface area contributed by atoms with Crippen LogP contribution in [0, 0.1) is 35.0 Å². The first-order valence-electron chi connectivity index (χ1n) is 7.85. The number of hydrogen-bond donors (Lipinski definition) is 0. The number of nitrogens with zero attached hydrogens (tertiary/aromatic N) is 1. The Morgan fingerprint density at radius 1 is 1.16 bits per heavy atom. The molecule has 0 heterocycles. The van der Waals surface area contributed by atoms with Gasteiger partial charge in [-0.2, -0.15) is 5.26 Å². The van der Waals surface area contributed by atoms with E-state index in [0.717, 1.165) is 37.5 Å². The number of nitriles is 1. The van der Waals surface area contributed by atoms with E-state index in [0.29, 0.717) is 12.3 Å². The molecular formula is C16H23NO2. The summed E-state index contributed by atoms with van der Waals surface area (Å²) in [6.07, 6.45) is 9.66. The van der Waals surface area contributed by atoms with Crippen molar-refractivity contribution in [1.82, 2.24) is 0 Å². The van der Waals surface area contributed by atoms with E-state index < -0.39 is 0 Å². The molecule has 19 heavy (non-hydrogen) atoms. The molecule has 2 bridgehead atoms. The van der Waals surface area contributed by atoms with Crippen LogP contribution in [0.4, 0.5) is 0 Å².